The lowest BCUT2D eigenvalue weighted by Gasteiger charge is -2.04. The summed E-state index contributed by atoms with van der Waals surface area (Å²) in [7, 11) is 0. The summed E-state index contributed by atoms with van der Waals surface area (Å²) in [6, 6.07) is 12.9. The van der Waals surface area contributed by atoms with Crippen molar-refractivity contribution in [3.05, 3.63) is 59.7 Å². The Kier molecular flexibility index (Phi) is 9.26. The molecule has 0 aliphatic heterocycles. The largest absolute Gasteiger partial charge is 0.508 e. The molecular weight excluding hydrogens is 352 g/mol. The molecule has 0 bridgehead atoms. The average molecular weight is 383 g/mol. The predicted molar refractivity (Wildman–Crippen MR) is 111 cm³/mol. The summed E-state index contributed by atoms with van der Waals surface area (Å²) in [6.07, 6.45) is 9.64. The van der Waals surface area contributed by atoms with E-state index < -0.39 is 0 Å². The van der Waals surface area contributed by atoms with Gasteiger partial charge < -0.3 is 10.2 Å². The number of hydrogen-bond donors (Lipinski definition) is 2. The third-order valence-electron chi connectivity index (χ3n) is 4.94. The molecule has 0 aromatic heterocycles. The molecule has 2 N–H and O–H groups in total. The highest BCUT2D eigenvalue weighted by Crippen LogP contribution is 2.16. The first-order chi connectivity index (χ1) is 13.6. The van der Waals surface area contributed by atoms with Gasteiger partial charge in [0.25, 0.3) is 0 Å². The van der Waals surface area contributed by atoms with Crippen LogP contribution in [0.25, 0.3) is 0 Å². The van der Waals surface area contributed by atoms with Gasteiger partial charge in [0.05, 0.1) is 0 Å². The topological polar surface area (TPSA) is 74.6 Å². The molecule has 0 atom stereocenters. The molecule has 4 heteroatoms. The standard InChI is InChI=1S/C24H30O4/c25-21-15-11-19(12-16-21)23(27)9-7-5-3-1-2-4-6-8-10-24(28)20-13-17-22(26)18-14-20/h11-18,25-26H,1-10H2. The van der Waals surface area contributed by atoms with Crippen molar-refractivity contribution in [2.24, 2.45) is 0 Å². The zero-order chi connectivity index (χ0) is 20.2. The van der Waals surface area contributed by atoms with Gasteiger partial charge in [0, 0.05) is 24.0 Å². The second-order valence-electron chi connectivity index (χ2n) is 7.27. The van der Waals surface area contributed by atoms with Crippen LogP contribution in [-0.4, -0.2) is 21.8 Å². The zero-order valence-electron chi connectivity index (χ0n) is 16.4. The lowest BCUT2D eigenvalue weighted by atomic mass is 10.0. The number of ketones is 2. The zero-order valence-corrected chi connectivity index (χ0v) is 16.4. The Labute approximate surface area is 167 Å². The minimum atomic E-state index is 0.137. The lowest BCUT2D eigenvalue weighted by Crippen LogP contribution is -1.98. The Balaban J connectivity index is 1.44. The van der Waals surface area contributed by atoms with Gasteiger partial charge in [-0.05, 0) is 61.4 Å². The highest BCUT2D eigenvalue weighted by Gasteiger charge is 2.06. The molecule has 150 valence electrons. The van der Waals surface area contributed by atoms with Crippen LogP contribution in [0.15, 0.2) is 48.5 Å². The van der Waals surface area contributed by atoms with Gasteiger partial charge in [-0.3, -0.25) is 9.59 Å². The first-order valence-electron chi connectivity index (χ1n) is 10.2. The van der Waals surface area contributed by atoms with Crippen LogP contribution in [0.1, 0.15) is 84.9 Å². The summed E-state index contributed by atoms with van der Waals surface area (Å²) < 4.78 is 0. The normalized spacial score (nSPS) is 10.7. The van der Waals surface area contributed by atoms with E-state index in [1.54, 1.807) is 48.5 Å². The molecule has 0 aliphatic rings. The van der Waals surface area contributed by atoms with Crippen molar-refractivity contribution in [2.45, 2.75) is 64.2 Å². The van der Waals surface area contributed by atoms with Crippen LogP contribution in [0.3, 0.4) is 0 Å². The molecule has 0 saturated carbocycles. The van der Waals surface area contributed by atoms with E-state index in [2.05, 4.69) is 0 Å². The summed E-state index contributed by atoms with van der Waals surface area (Å²) in [5.41, 5.74) is 1.33. The Morgan fingerprint density at radius 3 is 1.11 bits per heavy atom. The maximum Gasteiger partial charge on any atom is 0.162 e. The van der Waals surface area contributed by atoms with Crippen molar-refractivity contribution in [2.75, 3.05) is 0 Å². The second-order valence-corrected chi connectivity index (χ2v) is 7.27. The van der Waals surface area contributed by atoms with Crippen molar-refractivity contribution in [3.63, 3.8) is 0 Å². The molecule has 0 aliphatic carbocycles. The van der Waals surface area contributed by atoms with Crippen LogP contribution in [-0.2, 0) is 0 Å². The lowest BCUT2D eigenvalue weighted by molar-refractivity contribution is 0.0970. The molecule has 4 nitrogen and oxygen atoms in total. The van der Waals surface area contributed by atoms with E-state index in [0.29, 0.717) is 24.0 Å². The molecule has 2 aromatic rings. The molecule has 0 radical (unpaired) electrons. The van der Waals surface area contributed by atoms with E-state index in [9.17, 15) is 19.8 Å². The first-order valence-corrected chi connectivity index (χ1v) is 10.2. The summed E-state index contributed by atoms with van der Waals surface area (Å²) >= 11 is 0. The van der Waals surface area contributed by atoms with Crippen LogP contribution in [0.2, 0.25) is 0 Å². The number of phenolic OH excluding ortho intramolecular Hbond substituents is 2. The minimum Gasteiger partial charge on any atom is -0.508 e. The Hall–Kier alpha value is -2.62. The number of Topliss-reactive ketones (excluding diaryl/α,β-unsaturated/α-hetero) is 2. The van der Waals surface area contributed by atoms with Crippen molar-refractivity contribution < 1.29 is 19.8 Å². The van der Waals surface area contributed by atoms with Gasteiger partial charge in [-0.1, -0.05) is 38.5 Å². The smallest absolute Gasteiger partial charge is 0.162 e. The summed E-state index contributed by atoms with van der Waals surface area (Å²) in [4.78, 5) is 24.0. The van der Waals surface area contributed by atoms with Crippen LogP contribution in [0.4, 0.5) is 0 Å². The number of aromatic hydroxyl groups is 2. The van der Waals surface area contributed by atoms with E-state index >= 15 is 0 Å². The monoisotopic (exact) mass is 382 g/mol. The molecular formula is C24H30O4. The van der Waals surface area contributed by atoms with Crippen LogP contribution in [0, 0.1) is 0 Å². The number of carbonyl (C=O) groups excluding carboxylic acids is 2. The molecule has 0 heterocycles. The average Bonchev–Trinajstić information content (AvgIpc) is 2.70. The summed E-state index contributed by atoms with van der Waals surface area (Å²) in [5.74, 6) is 0.638. The molecule has 0 unspecified atom stereocenters. The Morgan fingerprint density at radius 2 is 0.786 bits per heavy atom. The number of unbranched alkanes of at least 4 members (excludes halogenated alkanes) is 7. The molecule has 0 saturated heterocycles. The fraction of sp³-hybridized carbons (Fsp3) is 0.417. The van der Waals surface area contributed by atoms with Gasteiger partial charge in [-0.25, -0.2) is 0 Å². The van der Waals surface area contributed by atoms with Crippen molar-refractivity contribution >= 4 is 11.6 Å². The molecule has 28 heavy (non-hydrogen) atoms. The van der Waals surface area contributed by atoms with E-state index in [4.69, 9.17) is 0 Å². The first kappa shape index (κ1) is 21.7. The number of phenols is 2. The third-order valence-corrected chi connectivity index (χ3v) is 4.94. The molecule has 0 fully saturated rings. The van der Waals surface area contributed by atoms with Gasteiger partial charge >= 0.3 is 0 Å². The second kappa shape index (κ2) is 12.0. The highest BCUT2D eigenvalue weighted by molar-refractivity contribution is 5.96. The summed E-state index contributed by atoms with van der Waals surface area (Å²) in [6.45, 7) is 0. The maximum atomic E-state index is 12.0. The fourth-order valence-electron chi connectivity index (χ4n) is 3.22. The molecule has 0 spiro atoms. The van der Waals surface area contributed by atoms with Crippen molar-refractivity contribution in [1.29, 1.82) is 0 Å². The van der Waals surface area contributed by atoms with E-state index in [0.717, 1.165) is 38.5 Å². The van der Waals surface area contributed by atoms with E-state index in [1.165, 1.54) is 12.8 Å². The van der Waals surface area contributed by atoms with Gasteiger partial charge in [0.2, 0.25) is 0 Å². The maximum absolute atomic E-state index is 12.0. The molecule has 2 aromatic carbocycles. The van der Waals surface area contributed by atoms with Gasteiger partial charge in [0.15, 0.2) is 11.6 Å². The van der Waals surface area contributed by atoms with Crippen molar-refractivity contribution in [1.82, 2.24) is 0 Å². The Bertz CT molecular complexity index is 667. The number of rotatable bonds is 13. The molecule has 0 amide bonds. The summed E-state index contributed by atoms with van der Waals surface area (Å²) in [5, 5.41) is 18.5. The SMILES string of the molecule is O=C(CCCCCCCCCCC(=O)c1ccc(O)cc1)c1ccc(O)cc1. The van der Waals surface area contributed by atoms with Crippen LogP contribution in [0.5, 0.6) is 11.5 Å². The fourth-order valence-corrected chi connectivity index (χ4v) is 3.22. The van der Waals surface area contributed by atoms with Gasteiger partial charge in [-0.2, -0.15) is 0 Å². The third kappa shape index (κ3) is 7.95. The number of hydrogen-bond acceptors (Lipinski definition) is 4. The van der Waals surface area contributed by atoms with Gasteiger partial charge in [0.1, 0.15) is 11.5 Å². The molecule has 2 rings (SSSR count). The highest BCUT2D eigenvalue weighted by atomic mass is 16.3. The number of carbonyl (C=O) groups is 2. The Morgan fingerprint density at radius 1 is 0.500 bits per heavy atom. The van der Waals surface area contributed by atoms with Gasteiger partial charge in [-0.15, -0.1) is 0 Å². The van der Waals surface area contributed by atoms with Crippen molar-refractivity contribution in [3.8, 4) is 11.5 Å². The van der Waals surface area contributed by atoms with E-state index in [-0.39, 0.29) is 23.1 Å². The predicted octanol–water partition coefficient (Wildman–Crippen LogP) is 6.06. The van der Waals surface area contributed by atoms with E-state index in [1.807, 2.05) is 0 Å². The van der Waals surface area contributed by atoms with Crippen LogP contribution >= 0.6 is 0 Å². The number of benzene rings is 2. The quantitative estimate of drug-likeness (QED) is 0.326. The minimum absolute atomic E-state index is 0.137. The van der Waals surface area contributed by atoms with Crippen LogP contribution < -0.4 is 0 Å².